The number of nitro benzene ring substituents is 2. The zero-order chi connectivity index (χ0) is 19.1. The van der Waals surface area contributed by atoms with Gasteiger partial charge in [-0.05, 0) is 12.1 Å². The van der Waals surface area contributed by atoms with E-state index in [0.717, 1.165) is 12.1 Å². The number of aromatic hydroxyl groups is 1. The molecule has 12 heteroatoms. The Bertz CT molecular complexity index is 791. The molecule has 2 aromatic rings. The maximum absolute atomic E-state index is 11.8. The first-order valence-corrected chi connectivity index (χ1v) is 7.72. The summed E-state index contributed by atoms with van der Waals surface area (Å²) in [5, 5.41) is 29.5. The molecule has 25 heavy (non-hydrogen) atoms. The van der Waals surface area contributed by atoms with Gasteiger partial charge in [-0.25, -0.2) is 0 Å². The van der Waals surface area contributed by atoms with Crippen LogP contribution in [0.5, 0.6) is 11.5 Å². The molecule has 0 amide bonds. The highest BCUT2D eigenvalue weighted by molar-refractivity contribution is 9.10. The first kappa shape index (κ1) is 20.7. The minimum atomic E-state index is -3.08. The topological polar surface area (TPSA) is 116 Å². The number of hydrogen-bond acceptors (Lipinski definition) is 6. The molecule has 0 aliphatic carbocycles. The molecule has 0 aromatic heterocycles. The van der Waals surface area contributed by atoms with E-state index in [0.29, 0.717) is 8.95 Å². The van der Waals surface area contributed by atoms with Gasteiger partial charge in [-0.3, -0.25) is 20.2 Å². The van der Waals surface area contributed by atoms with Crippen LogP contribution >= 0.6 is 31.9 Å². The SMILES string of the molecule is O=[N+]([O-])c1ccc(Br)cc1O.O=[N+]([O-])c1ccc(Br)cc1OC(F)F. The predicted octanol–water partition coefficient (Wildman–Crippen LogP) is 5.02. The quantitative estimate of drug-likeness (QED) is 0.480. The molecule has 0 spiro atoms. The van der Waals surface area contributed by atoms with Gasteiger partial charge in [0.1, 0.15) is 0 Å². The molecular formula is C13H8Br2F2N2O6. The van der Waals surface area contributed by atoms with Gasteiger partial charge in [-0.2, -0.15) is 8.78 Å². The molecule has 1 N–H and O–H groups in total. The maximum atomic E-state index is 11.8. The summed E-state index contributed by atoms with van der Waals surface area (Å²) in [7, 11) is 0. The number of nitro groups is 2. The lowest BCUT2D eigenvalue weighted by Crippen LogP contribution is -2.04. The normalized spacial score (nSPS) is 9.96. The van der Waals surface area contributed by atoms with E-state index >= 15 is 0 Å². The van der Waals surface area contributed by atoms with Crippen LogP contribution in [0.2, 0.25) is 0 Å². The molecule has 0 saturated heterocycles. The molecule has 0 heterocycles. The number of phenols is 1. The Morgan fingerprint density at radius 3 is 1.88 bits per heavy atom. The van der Waals surface area contributed by atoms with E-state index in [-0.39, 0.29) is 11.4 Å². The third-order valence-electron chi connectivity index (χ3n) is 2.47. The lowest BCUT2D eigenvalue weighted by atomic mass is 10.3. The molecule has 0 radical (unpaired) electrons. The Kier molecular flexibility index (Phi) is 7.64. The molecule has 0 aliphatic heterocycles. The minimum Gasteiger partial charge on any atom is -0.502 e. The van der Waals surface area contributed by atoms with Crippen molar-refractivity contribution in [1.29, 1.82) is 0 Å². The van der Waals surface area contributed by atoms with Crippen molar-refractivity contribution in [3.63, 3.8) is 0 Å². The lowest BCUT2D eigenvalue weighted by Gasteiger charge is -2.04. The molecule has 2 aromatic carbocycles. The summed E-state index contributed by atoms with van der Waals surface area (Å²) in [5.41, 5.74) is -0.776. The summed E-state index contributed by atoms with van der Waals surface area (Å²) in [6.07, 6.45) is 0. The summed E-state index contributed by atoms with van der Waals surface area (Å²) in [5.74, 6) is -0.788. The highest BCUT2D eigenvalue weighted by Gasteiger charge is 2.18. The van der Waals surface area contributed by atoms with E-state index in [2.05, 4.69) is 36.6 Å². The standard InChI is InChI=1S/C7H4BrF2NO3.C6H4BrNO3/c8-4-1-2-5(11(12)13)6(3-4)14-7(9)10;7-4-1-2-5(8(10)11)6(9)3-4/h1-3,7H;1-3,9H. The molecule has 0 aliphatic rings. The predicted molar refractivity (Wildman–Crippen MR) is 89.9 cm³/mol. The van der Waals surface area contributed by atoms with E-state index in [1.807, 2.05) is 0 Å². The maximum Gasteiger partial charge on any atom is 0.387 e. The van der Waals surface area contributed by atoms with Crippen molar-refractivity contribution in [1.82, 2.24) is 0 Å². The molecule has 0 fully saturated rings. The van der Waals surface area contributed by atoms with Crippen LogP contribution in [0.1, 0.15) is 0 Å². The minimum absolute atomic E-state index is 0.284. The summed E-state index contributed by atoms with van der Waals surface area (Å²) in [6, 6.07) is 7.58. The largest absolute Gasteiger partial charge is 0.502 e. The Morgan fingerprint density at radius 2 is 1.44 bits per heavy atom. The second-order valence-electron chi connectivity index (χ2n) is 4.14. The van der Waals surface area contributed by atoms with Crippen molar-refractivity contribution >= 4 is 43.2 Å². The van der Waals surface area contributed by atoms with Crippen molar-refractivity contribution in [2.45, 2.75) is 6.61 Å². The molecule has 8 nitrogen and oxygen atoms in total. The van der Waals surface area contributed by atoms with Crippen LogP contribution in [-0.2, 0) is 0 Å². The summed E-state index contributed by atoms with van der Waals surface area (Å²) in [4.78, 5) is 19.1. The summed E-state index contributed by atoms with van der Waals surface area (Å²) in [6.45, 7) is -3.08. The van der Waals surface area contributed by atoms with Crippen molar-refractivity contribution < 1.29 is 28.5 Å². The number of ether oxygens (including phenoxy) is 1. The molecule has 0 atom stereocenters. The number of hydrogen-bond donors (Lipinski definition) is 1. The highest BCUT2D eigenvalue weighted by Crippen LogP contribution is 2.31. The first-order valence-electron chi connectivity index (χ1n) is 6.13. The Labute approximate surface area is 155 Å². The third kappa shape index (κ3) is 6.58. The average Bonchev–Trinajstić information content (AvgIpc) is 2.46. The van der Waals surface area contributed by atoms with Gasteiger partial charge in [0.15, 0.2) is 5.75 Å². The van der Waals surface area contributed by atoms with Gasteiger partial charge in [0.05, 0.1) is 9.85 Å². The van der Waals surface area contributed by atoms with Crippen LogP contribution in [0, 0.1) is 20.2 Å². The monoisotopic (exact) mass is 484 g/mol. The number of benzene rings is 2. The van der Waals surface area contributed by atoms with E-state index in [1.165, 1.54) is 24.3 Å². The number of nitrogens with zero attached hydrogens (tertiary/aromatic N) is 2. The first-order chi connectivity index (χ1) is 11.6. The Morgan fingerprint density at radius 1 is 0.960 bits per heavy atom. The van der Waals surface area contributed by atoms with Crippen LogP contribution in [0.25, 0.3) is 0 Å². The van der Waals surface area contributed by atoms with E-state index < -0.39 is 27.9 Å². The number of rotatable bonds is 4. The van der Waals surface area contributed by atoms with E-state index in [4.69, 9.17) is 5.11 Å². The number of alkyl halides is 2. The fourth-order valence-corrected chi connectivity index (χ4v) is 2.17. The number of phenolic OH excluding ortho intramolecular Hbond substituents is 1. The van der Waals surface area contributed by atoms with Gasteiger partial charge in [0, 0.05) is 33.2 Å². The van der Waals surface area contributed by atoms with Crippen LogP contribution in [0.3, 0.4) is 0 Å². The number of halogens is 4. The fraction of sp³-hybridized carbons (Fsp3) is 0.0769. The van der Waals surface area contributed by atoms with Gasteiger partial charge in [-0.15, -0.1) is 0 Å². The molecule has 0 saturated carbocycles. The van der Waals surface area contributed by atoms with Crippen LogP contribution in [0.15, 0.2) is 45.3 Å². The zero-order valence-corrected chi connectivity index (χ0v) is 15.1. The van der Waals surface area contributed by atoms with Crippen molar-refractivity contribution in [2.75, 3.05) is 0 Å². The second-order valence-corrected chi connectivity index (χ2v) is 5.97. The Balaban J connectivity index is 0.000000257. The fourth-order valence-electron chi connectivity index (χ4n) is 1.48. The third-order valence-corrected chi connectivity index (χ3v) is 3.46. The lowest BCUT2D eigenvalue weighted by molar-refractivity contribution is -0.386. The van der Waals surface area contributed by atoms with Crippen molar-refractivity contribution in [2.24, 2.45) is 0 Å². The van der Waals surface area contributed by atoms with Crippen LogP contribution in [0.4, 0.5) is 20.2 Å². The van der Waals surface area contributed by atoms with Crippen molar-refractivity contribution in [3.05, 3.63) is 65.6 Å². The average molecular weight is 486 g/mol. The molecule has 0 bridgehead atoms. The summed E-state index contributed by atoms with van der Waals surface area (Å²) < 4.78 is 28.7. The molecule has 2 rings (SSSR count). The molecular weight excluding hydrogens is 478 g/mol. The summed E-state index contributed by atoms with van der Waals surface area (Å²) >= 11 is 6.05. The van der Waals surface area contributed by atoms with E-state index in [9.17, 15) is 29.0 Å². The van der Waals surface area contributed by atoms with Gasteiger partial charge in [0.25, 0.3) is 0 Å². The zero-order valence-electron chi connectivity index (χ0n) is 11.9. The van der Waals surface area contributed by atoms with E-state index in [1.54, 1.807) is 0 Å². The Hall–Kier alpha value is -2.34. The van der Waals surface area contributed by atoms with Gasteiger partial charge in [-0.1, -0.05) is 31.9 Å². The molecule has 134 valence electrons. The van der Waals surface area contributed by atoms with Crippen LogP contribution < -0.4 is 4.74 Å². The highest BCUT2D eigenvalue weighted by atomic mass is 79.9. The van der Waals surface area contributed by atoms with Gasteiger partial charge < -0.3 is 9.84 Å². The van der Waals surface area contributed by atoms with Crippen LogP contribution in [-0.4, -0.2) is 21.6 Å². The smallest absolute Gasteiger partial charge is 0.387 e. The molecule has 0 unspecified atom stereocenters. The van der Waals surface area contributed by atoms with Gasteiger partial charge in [0.2, 0.25) is 5.75 Å². The second kappa shape index (κ2) is 9.22. The van der Waals surface area contributed by atoms with Gasteiger partial charge >= 0.3 is 18.0 Å². The van der Waals surface area contributed by atoms with Crippen molar-refractivity contribution in [3.8, 4) is 11.5 Å².